The van der Waals surface area contributed by atoms with Crippen LogP contribution in [-0.2, 0) is 0 Å². The van der Waals surface area contributed by atoms with Crippen molar-refractivity contribution in [1.82, 2.24) is 4.98 Å². The van der Waals surface area contributed by atoms with Gasteiger partial charge in [-0.25, -0.2) is 4.98 Å². The Hall–Kier alpha value is -2.20. The van der Waals surface area contributed by atoms with Gasteiger partial charge in [0, 0.05) is 19.3 Å². The van der Waals surface area contributed by atoms with Gasteiger partial charge < -0.3 is 10.0 Å². The van der Waals surface area contributed by atoms with E-state index < -0.39 is 10.5 Å². The fourth-order valence-corrected chi connectivity index (χ4v) is 2.35. The third-order valence-electron chi connectivity index (χ3n) is 3.18. The van der Waals surface area contributed by atoms with E-state index in [1.807, 2.05) is 0 Å². The standard InChI is InChI=1S/C12H14N4O3/c1-12(17)4-2-6-15(8-12)11-10(16(18)19)9(7-13)3-5-14-11/h3,5,17H,2,4,6,8H2,1H3. The van der Waals surface area contributed by atoms with Crippen molar-refractivity contribution in [2.45, 2.75) is 25.4 Å². The van der Waals surface area contributed by atoms with Crippen molar-refractivity contribution in [1.29, 1.82) is 5.26 Å². The molecule has 0 aliphatic carbocycles. The maximum atomic E-state index is 11.1. The predicted octanol–water partition coefficient (Wildman–Crippen LogP) is 1.21. The molecule has 100 valence electrons. The van der Waals surface area contributed by atoms with Crippen LogP contribution >= 0.6 is 0 Å². The average molecular weight is 262 g/mol. The molecule has 2 rings (SSSR count). The van der Waals surface area contributed by atoms with Crippen LogP contribution in [-0.4, -0.2) is 33.7 Å². The molecule has 7 heteroatoms. The highest BCUT2D eigenvalue weighted by atomic mass is 16.6. The fraction of sp³-hybridized carbons (Fsp3) is 0.500. The van der Waals surface area contributed by atoms with Crippen molar-refractivity contribution >= 4 is 11.5 Å². The summed E-state index contributed by atoms with van der Waals surface area (Å²) < 4.78 is 0. The maximum absolute atomic E-state index is 11.1. The Morgan fingerprint density at radius 3 is 3.00 bits per heavy atom. The van der Waals surface area contributed by atoms with E-state index in [-0.39, 0.29) is 23.6 Å². The minimum absolute atomic E-state index is 0.0137. The van der Waals surface area contributed by atoms with Gasteiger partial charge in [0.2, 0.25) is 5.82 Å². The van der Waals surface area contributed by atoms with Crippen LogP contribution in [0.5, 0.6) is 0 Å². The summed E-state index contributed by atoms with van der Waals surface area (Å²) in [6.07, 6.45) is 2.75. The minimum Gasteiger partial charge on any atom is -0.388 e. The molecule has 19 heavy (non-hydrogen) atoms. The van der Waals surface area contributed by atoms with E-state index in [2.05, 4.69) is 4.98 Å². The lowest BCUT2D eigenvalue weighted by atomic mass is 9.95. The molecular formula is C12H14N4O3. The third-order valence-corrected chi connectivity index (χ3v) is 3.18. The van der Waals surface area contributed by atoms with E-state index in [1.54, 1.807) is 17.9 Å². The van der Waals surface area contributed by atoms with E-state index in [9.17, 15) is 15.2 Å². The SMILES string of the molecule is CC1(O)CCCN(c2nccc(C#N)c2[N+](=O)[O-])C1. The second-order valence-electron chi connectivity index (χ2n) is 4.92. The molecule has 1 unspecified atom stereocenters. The molecule has 1 aromatic rings. The summed E-state index contributed by atoms with van der Waals surface area (Å²) in [5.74, 6) is 0.157. The van der Waals surface area contributed by atoms with Crippen molar-refractivity contribution in [3.8, 4) is 6.07 Å². The first-order chi connectivity index (χ1) is 8.94. The molecule has 0 aromatic carbocycles. The third kappa shape index (κ3) is 2.63. The molecule has 1 atom stereocenters. The Kier molecular flexibility index (Phi) is 3.36. The Bertz CT molecular complexity index is 550. The molecule has 7 nitrogen and oxygen atoms in total. The molecule has 1 aliphatic heterocycles. The molecule has 0 amide bonds. The molecule has 1 aliphatic rings. The van der Waals surface area contributed by atoms with Crippen LogP contribution in [0.15, 0.2) is 12.3 Å². The fourth-order valence-electron chi connectivity index (χ4n) is 2.35. The van der Waals surface area contributed by atoms with Crippen LogP contribution < -0.4 is 4.90 Å². The number of nitrogens with zero attached hydrogens (tertiary/aromatic N) is 4. The van der Waals surface area contributed by atoms with Gasteiger partial charge in [-0.1, -0.05) is 0 Å². The van der Waals surface area contributed by atoms with Gasteiger partial charge in [-0.3, -0.25) is 10.1 Å². The second kappa shape index (κ2) is 4.82. The maximum Gasteiger partial charge on any atom is 0.329 e. The van der Waals surface area contributed by atoms with Gasteiger partial charge in [0.25, 0.3) is 0 Å². The zero-order chi connectivity index (χ0) is 14.0. The summed E-state index contributed by atoms with van der Waals surface area (Å²) in [7, 11) is 0. The molecule has 1 aromatic heterocycles. The van der Waals surface area contributed by atoms with Crippen molar-refractivity contribution < 1.29 is 10.0 Å². The lowest BCUT2D eigenvalue weighted by Crippen LogP contribution is -2.46. The zero-order valence-electron chi connectivity index (χ0n) is 10.5. The Morgan fingerprint density at radius 1 is 1.68 bits per heavy atom. The zero-order valence-corrected chi connectivity index (χ0v) is 10.5. The summed E-state index contributed by atoms with van der Waals surface area (Å²) in [4.78, 5) is 16.2. The smallest absolute Gasteiger partial charge is 0.329 e. The minimum atomic E-state index is -0.892. The van der Waals surface area contributed by atoms with Crippen LogP contribution in [0, 0.1) is 21.4 Å². The topological polar surface area (TPSA) is 103 Å². The van der Waals surface area contributed by atoms with Crippen LogP contribution in [0.25, 0.3) is 0 Å². The molecule has 0 radical (unpaired) electrons. The quantitative estimate of drug-likeness (QED) is 0.634. The second-order valence-corrected chi connectivity index (χ2v) is 4.92. The van der Waals surface area contributed by atoms with E-state index in [1.165, 1.54) is 12.3 Å². The number of piperidine rings is 1. The highest BCUT2D eigenvalue weighted by molar-refractivity contribution is 5.65. The number of rotatable bonds is 2. The normalized spacial score (nSPS) is 22.9. The number of anilines is 1. The summed E-state index contributed by atoms with van der Waals surface area (Å²) in [5.41, 5.74) is -1.20. The number of aromatic nitrogens is 1. The Labute approximate surface area is 110 Å². The van der Waals surface area contributed by atoms with Crippen LogP contribution in [0.4, 0.5) is 11.5 Å². The molecule has 0 spiro atoms. The molecule has 0 saturated carbocycles. The van der Waals surface area contributed by atoms with Gasteiger partial charge in [-0.15, -0.1) is 0 Å². The number of hydrogen-bond acceptors (Lipinski definition) is 6. The monoisotopic (exact) mass is 262 g/mol. The van der Waals surface area contributed by atoms with E-state index in [0.29, 0.717) is 13.0 Å². The van der Waals surface area contributed by atoms with Gasteiger partial charge in [0.15, 0.2) is 0 Å². The predicted molar refractivity (Wildman–Crippen MR) is 67.7 cm³/mol. The molecule has 0 bridgehead atoms. The number of nitro groups is 1. The van der Waals surface area contributed by atoms with Gasteiger partial charge >= 0.3 is 5.69 Å². The largest absolute Gasteiger partial charge is 0.388 e. The van der Waals surface area contributed by atoms with Gasteiger partial charge in [-0.2, -0.15) is 5.26 Å². The number of nitriles is 1. The van der Waals surface area contributed by atoms with Crippen LogP contribution in [0.2, 0.25) is 0 Å². The number of hydrogen-bond donors (Lipinski definition) is 1. The lowest BCUT2D eigenvalue weighted by Gasteiger charge is -2.37. The van der Waals surface area contributed by atoms with Crippen molar-refractivity contribution in [2.75, 3.05) is 18.0 Å². The van der Waals surface area contributed by atoms with Gasteiger partial charge in [-0.05, 0) is 25.8 Å². The molecule has 1 fully saturated rings. The molecular weight excluding hydrogens is 248 g/mol. The van der Waals surface area contributed by atoms with E-state index >= 15 is 0 Å². The summed E-state index contributed by atoms with van der Waals surface area (Å²) in [5, 5.41) is 30.1. The van der Waals surface area contributed by atoms with Crippen molar-refractivity contribution in [2.24, 2.45) is 0 Å². The van der Waals surface area contributed by atoms with Crippen molar-refractivity contribution in [3.05, 3.63) is 27.9 Å². The highest BCUT2D eigenvalue weighted by Gasteiger charge is 2.33. The van der Waals surface area contributed by atoms with Gasteiger partial charge in [0.05, 0.1) is 10.5 Å². The first-order valence-corrected chi connectivity index (χ1v) is 5.95. The number of pyridine rings is 1. The number of β-amino-alcohol motifs (C(OH)–C–C–N with tert-alkyl or cyclic N) is 1. The molecule has 2 heterocycles. The Morgan fingerprint density at radius 2 is 2.42 bits per heavy atom. The first kappa shape index (κ1) is 13.2. The lowest BCUT2D eigenvalue weighted by molar-refractivity contribution is -0.384. The first-order valence-electron chi connectivity index (χ1n) is 5.95. The highest BCUT2D eigenvalue weighted by Crippen LogP contribution is 2.32. The van der Waals surface area contributed by atoms with E-state index in [4.69, 9.17) is 5.26 Å². The average Bonchev–Trinajstić information content (AvgIpc) is 2.36. The summed E-state index contributed by atoms with van der Waals surface area (Å²) >= 11 is 0. The number of aliphatic hydroxyl groups is 1. The molecule has 1 N–H and O–H groups in total. The van der Waals surface area contributed by atoms with Crippen molar-refractivity contribution in [3.63, 3.8) is 0 Å². The summed E-state index contributed by atoms with van der Waals surface area (Å²) in [6, 6.07) is 3.13. The Balaban J connectivity index is 2.45. The molecule has 1 saturated heterocycles. The van der Waals surface area contributed by atoms with Gasteiger partial charge in [0.1, 0.15) is 11.6 Å². The van der Waals surface area contributed by atoms with Crippen LogP contribution in [0.3, 0.4) is 0 Å². The summed E-state index contributed by atoms with van der Waals surface area (Å²) in [6.45, 7) is 2.55. The van der Waals surface area contributed by atoms with E-state index in [0.717, 1.165) is 6.42 Å². The van der Waals surface area contributed by atoms with Crippen LogP contribution in [0.1, 0.15) is 25.3 Å².